The van der Waals surface area contributed by atoms with Crippen LogP contribution in [0, 0.1) is 12.3 Å². The van der Waals surface area contributed by atoms with Crippen LogP contribution < -0.4 is 10.2 Å². The minimum atomic E-state index is -0.149. The normalized spacial score (nSPS) is 15.8. The minimum absolute atomic E-state index is 0.0798. The van der Waals surface area contributed by atoms with Crippen LogP contribution in [-0.4, -0.2) is 50.1 Å². The van der Waals surface area contributed by atoms with E-state index in [1.165, 1.54) is 0 Å². The van der Waals surface area contributed by atoms with Gasteiger partial charge in [-0.3, -0.25) is 9.59 Å². The van der Waals surface area contributed by atoms with Crippen molar-refractivity contribution in [2.24, 2.45) is 5.41 Å². The highest BCUT2D eigenvalue weighted by molar-refractivity contribution is 6.04. The van der Waals surface area contributed by atoms with Crippen LogP contribution in [0.2, 0.25) is 0 Å². The van der Waals surface area contributed by atoms with Crippen molar-refractivity contribution in [2.75, 3.05) is 37.5 Å². The molecule has 0 spiro atoms. The molecule has 34 heavy (non-hydrogen) atoms. The predicted octanol–water partition coefficient (Wildman–Crippen LogP) is 5.26. The van der Waals surface area contributed by atoms with E-state index in [4.69, 9.17) is 4.74 Å². The van der Waals surface area contributed by atoms with Crippen molar-refractivity contribution in [1.29, 1.82) is 0 Å². The van der Waals surface area contributed by atoms with Crippen molar-refractivity contribution in [3.63, 3.8) is 0 Å². The Morgan fingerprint density at radius 3 is 2.38 bits per heavy atom. The number of rotatable bonds is 8. The number of hydrogen-bond donors (Lipinski definition) is 1. The van der Waals surface area contributed by atoms with Gasteiger partial charge < -0.3 is 19.9 Å². The number of hydrogen-bond acceptors (Lipinski definition) is 4. The van der Waals surface area contributed by atoms with Crippen LogP contribution >= 0.6 is 0 Å². The molecule has 1 fully saturated rings. The molecule has 1 atom stereocenters. The van der Waals surface area contributed by atoms with Gasteiger partial charge in [-0.05, 0) is 61.1 Å². The maximum absolute atomic E-state index is 13.3. The molecule has 2 aromatic carbocycles. The van der Waals surface area contributed by atoms with Gasteiger partial charge in [-0.1, -0.05) is 38.5 Å². The maximum atomic E-state index is 13.3. The quantitative estimate of drug-likeness (QED) is 0.578. The number of nitrogens with zero attached hydrogens (tertiary/aromatic N) is 2. The van der Waals surface area contributed by atoms with E-state index in [0.29, 0.717) is 30.8 Å². The summed E-state index contributed by atoms with van der Waals surface area (Å²) in [6.45, 7) is 10.1. The molecule has 6 nitrogen and oxygen atoms in total. The number of carbonyl (C=O) groups excluding carboxylic acids is 2. The van der Waals surface area contributed by atoms with Gasteiger partial charge in [-0.15, -0.1) is 0 Å². The van der Waals surface area contributed by atoms with Crippen molar-refractivity contribution in [1.82, 2.24) is 4.90 Å². The third kappa shape index (κ3) is 7.32. The summed E-state index contributed by atoms with van der Waals surface area (Å²) < 4.78 is 5.85. The van der Waals surface area contributed by atoms with E-state index in [1.807, 2.05) is 73.3 Å². The van der Waals surface area contributed by atoms with Crippen LogP contribution in [-0.2, 0) is 16.1 Å². The third-order valence-electron chi connectivity index (χ3n) is 5.98. The standard InChI is InChI=1S/C28H39N3O3/c1-20-9-11-21(12-10-20)27(33)29-23-13-14-25(30(5)6)22(16-23)18-31(19-24-8-7-15-34-24)26(32)17-28(2,3)4/h9-14,16,24H,7-8,15,17-19H2,1-6H3,(H,29,33). The first-order chi connectivity index (χ1) is 16.0. The Morgan fingerprint density at radius 2 is 1.79 bits per heavy atom. The fourth-order valence-electron chi connectivity index (χ4n) is 4.19. The van der Waals surface area contributed by atoms with E-state index in [2.05, 4.69) is 26.1 Å². The Bertz CT molecular complexity index is 987. The van der Waals surface area contributed by atoms with Crippen molar-refractivity contribution in [3.8, 4) is 0 Å². The molecule has 1 N–H and O–H groups in total. The van der Waals surface area contributed by atoms with Crippen molar-refractivity contribution < 1.29 is 14.3 Å². The molecule has 2 amide bonds. The van der Waals surface area contributed by atoms with Gasteiger partial charge in [0.15, 0.2) is 0 Å². The van der Waals surface area contributed by atoms with Crippen LogP contribution in [0.15, 0.2) is 42.5 Å². The van der Waals surface area contributed by atoms with Crippen LogP contribution in [0.4, 0.5) is 11.4 Å². The summed E-state index contributed by atoms with van der Waals surface area (Å²) in [4.78, 5) is 30.0. The van der Waals surface area contributed by atoms with Gasteiger partial charge in [0, 0.05) is 57.2 Å². The number of nitrogens with one attached hydrogen (secondary N) is 1. The van der Waals surface area contributed by atoms with E-state index in [1.54, 1.807) is 0 Å². The van der Waals surface area contributed by atoms with E-state index >= 15 is 0 Å². The van der Waals surface area contributed by atoms with Crippen molar-refractivity contribution in [2.45, 2.75) is 59.6 Å². The molecule has 0 bridgehead atoms. The van der Waals surface area contributed by atoms with Gasteiger partial charge in [-0.25, -0.2) is 0 Å². The third-order valence-corrected chi connectivity index (χ3v) is 5.98. The van der Waals surface area contributed by atoms with Crippen molar-refractivity contribution >= 4 is 23.2 Å². The zero-order valence-electron chi connectivity index (χ0n) is 21.5. The first kappa shape index (κ1) is 25.8. The maximum Gasteiger partial charge on any atom is 0.255 e. The monoisotopic (exact) mass is 465 g/mol. The van der Waals surface area contributed by atoms with E-state index in [0.717, 1.165) is 36.3 Å². The molecular weight excluding hydrogens is 426 g/mol. The highest BCUT2D eigenvalue weighted by atomic mass is 16.5. The van der Waals surface area contributed by atoms with Crippen LogP contribution in [0.3, 0.4) is 0 Å². The number of aryl methyl sites for hydroxylation is 1. The largest absolute Gasteiger partial charge is 0.377 e. The highest BCUT2D eigenvalue weighted by Gasteiger charge is 2.26. The van der Waals surface area contributed by atoms with Crippen LogP contribution in [0.5, 0.6) is 0 Å². The second-order valence-electron chi connectivity index (χ2n) is 10.7. The molecule has 6 heteroatoms. The van der Waals surface area contributed by atoms with Crippen LogP contribution in [0.25, 0.3) is 0 Å². The van der Waals surface area contributed by atoms with Gasteiger partial charge in [0.2, 0.25) is 5.91 Å². The SMILES string of the molecule is Cc1ccc(C(=O)Nc2ccc(N(C)C)c(CN(CC3CCCO3)C(=O)CC(C)(C)C)c2)cc1. The lowest BCUT2D eigenvalue weighted by atomic mass is 9.91. The molecule has 184 valence electrons. The summed E-state index contributed by atoms with van der Waals surface area (Å²) in [5.41, 5.74) is 4.36. The topological polar surface area (TPSA) is 61.9 Å². The Morgan fingerprint density at radius 1 is 1.09 bits per heavy atom. The van der Waals surface area contributed by atoms with Crippen molar-refractivity contribution in [3.05, 3.63) is 59.2 Å². The Hall–Kier alpha value is -2.86. The summed E-state index contributed by atoms with van der Waals surface area (Å²) in [5, 5.41) is 3.01. The molecule has 0 saturated carbocycles. The van der Waals surface area contributed by atoms with Gasteiger partial charge in [0.1, 0.15) is 0 Å². The van der Waals surface area contributed by atoms with Gasteiger partial charge >= 0.3 is 0 Å². The average Bonchev–Trinajstić information content (AvgIpc) is 3.25. The summed E-state index contributed by atoms with van der Waals surface area (Å²) in [6.07, 6.45) is 2.57. The number of anilines is 2. The molecule has 1 saturated heterocycles. The molecule has 2 aromatic rings. The first-order valence-corrected chi connectivity index (χ1v) is 12.1. The molecule has 0 aliphatic carbocycles. The zero-order valence-corrected chi connectivity index (χ0v) is 21.5. The molecule has 1 aliphatic heterocycles. The highest BCUT2D eigenvalue weighted by Crippen LogP contribution is 2.28. The summed E-state index contributed by atoms with van der Waals surface area (Å²) in [6, 6.07) is 13.4. The lowest BCUT2D eigenvalue weighted by molar-refractivity contribution is -0.135. The molecule has 1 unspecified atom stereocenters. The van der Waals surface area contributed by atoms with E-state index in [9.17, 15) is 9.59 Å². The smallest absolute Gasteiger partial charge is 0.255 e. The number of carbonyl (C=O) groups is 2. The number of ether oxygens (including phenoxy) is 1. The summed E-state index contributed by atoms with van der Waals surface area (Å²) in [7, 11) is 3.98. The van der Waals surface area contributed by atoms with E-state index < -0.39 is 0 Å². The van der Waals surface area contributed by atoms with Crippen LogP contribution in [0.1, 0.15) is 61.5 Å². The number of amides is 2. The van der Waals surface area contributed by atoms with Gasteiger partial charge in [0.05, 0.1) is 6.10 Å². The zero-order chi connectivity index (χ0) is 24.9. The fraction of sp³-hybridized carbons (Fsp3) is 0.500. The van der Waals surface area contributed by atoms with Gasteiger partial charge in [0.25, 0.3) is 5.91 Å². The molecular formula is C28H39N3O3. The Labute approximate surface area is 204 Å². The minimum Gasteiger partial charge on any atom is -0.377 e. The summed E-state index contributed by atoms with van der Waals surface area (Å²) >= 11 is 0. The molecule has 1 aliphatic rings. The first-order valence-electron chi connectivity index (χ1n) is 12.1. The Kier molecular flexibility index (Phi) is 8.37. The second-order valence-corrected chi connectivity index (χ2v) is 10.7. The lowest BCUT2D eigenvalue weighted by Gasteiger charge is -2.30. The van der Waals surface area contributed by atoms with Gasteiger partial charge in [-0.2, -0.15) is 0 Å². The molecule has 0 radical (unpaired) electrons. The Balaban J connectivity index is 1.85. The molecule has 0 aromatic heterocycles. The average molecular weight is 466 g/mol. The van der Waals surface area contributed by atoms with E-state index in [-0.39, 0.29) is 23.3 Å². The lowest BCUT2D eigenvalue weighted by Crippen LogP contribution is -2.38. The fourth-order valence-corrected chi connectivity index (χ4v) is 4.19. The predicted molar refractivity (Wildman–Crippen MR) is 138 cm³/mol. The molecule has 1 heterocycles. The number of benzene rings is 2. The molecule has 3 rings (SSSR count). The second kappa shape index (κ2) is 11.0. The summed E-state index contributed by atoms with van der Waals surface area (Å²) in [5.74, 6) is -0.0228.